The largest absolute Gasteiger partial charge is 0.511 e. The van der Waals surface area contributed by atoms with E-state index in [4.69, 9.17) is 0 Å². The summed E-state index contributed by atoms with van der Waals surface area (Å²) in [6.07, 6.45) is 25.5. The maximum Gasteiger partial charge on any atom is 0.184 e. The van der Waals surface area contributed by atoms with Gasteiger partial charge in [0, 0.05) is 23.6 Å². The van der Waals surface area contributed by atoms with Crippen LogP contribution in [0, 0.1) is 28.1 Å². The summed E-state index contributed by atoms with van der Waals surface area (Å²) < 4.78 is 0. The van der Waals surface area contributed by atoms with Gasteiger partial charge < -0.3 is 10.4 Å². The molecule has 0 radical (unpaired) electrons. The first-order valence-electron chi connectivity index (χ1n) is 20.8. The Labute approximate surface area is 318 Å². The van der Waals surface area contributed by atoms with Gasteiger partial charge in [-0.15, -0.1) is 0 Å². The van der Waals surface area contributed by atoms with E-state index in [-0.39, 0.29) is 41.7 Å². The summed E-state index contributed by atoms with van der Waals surface area (Å²) in [4.78, 5) is 44.3. The molecule has 292 valence electrons. The summed E-state index contributed by atoms with van der Waals surface area (Å²) in [6.45, 7) is 21.6. The maximum absolute atomic E-state index is 15.0. The van der Waals surface area contributed by atoms with Crippen LogP contribution < -0.4 is 5.32 Å². The highest BCUT2D eigenvalue weighted by Crippen LogP contribution is 2.67. The molecule has 3 fully saturated rings. The van der Waals surface area contributed by atoms with Crippen molar-refractivity contribution in [3.63, 3.8) is 0 Å². The smallest absolute Gasteiger partial charge is 0.184 e. The predicted octanol–water partition coefficient (Wildman–Crippen LogP) is 12.2. The van der Waals surface area contributed by atoms with Gasteiger partial charge in [0.05, 0.1) is 5.41 Å². The van der Waals surface area contributed by atoms with Gasteiger partial charge in [0.2, 0.25) is 0 Å². The first-order chi connectivity index (χ1) is 24.4. The molecule has 2 bridgehead atoms. The first kappa shape index (κ1) is 43.9. The molecule has 0 aliphatic heterocycles. The zero-order valence-electron chi connectivity index (χ0n) is 35.1. The molecule has 5 heteroatoms. The molecule has 52 heavy (non-hydrogen) atoms. The van der Waals surface area contributed by atoms with Crippen LogP contribution in [0.3, 0.4) is 0 Å². The number of hydrogen-bond donors (Lipinski definition) is 2. The molecule has 0 aromatic heterocycles. The second kappa shape index (κ2) is 19.2. The molecule has 0 saturated heterocycles. The topological polar surface area (TPSA) is 83.5 Å². The lowest BCUT2D eigenvalue weighted by Crippen LogP contribution is -2.71. The highest BCUT2D eigenvalue weighted by Gasteiger charge is 2.75. The summed E-state index contributed by atoms with van der Waals surface area (Å²) in [6, 6.07) is 1.74. The molecule has 3 saturated carbocycles. The van der Waals surface area contributed by atoms with Crippen molar-refractivity contribution in [3.05, 3.63) is 57.9 Å². The van der Waals surface area contributed by atoms with Crippen molar-refractivity contribution in [2.45, 2.75) is 191 Å². The van der Waals surface area contributed by atoms with E-state index >= 15 is 0 Å². The molecule has 4 aliphatic carbocycles. The van der Waals surface area contributed by atoms with Gasteiger partial charge >= 0.3 is 0 Å². The minimum Gasteiger partial charge on any atom is -0.511 e. The Kier molecular flexibility index (Phi) is 16.2. The van der Waals surface area contributed by atoms with Gasteiger partial charge in [0.25, 0.3) is 0 Å². The molecule has 4 aliphatic rings. The van der Waals surface area contributed by atoms with Gasteiger partial charge in [0.1, 0.15) is 5.76 Å². The van der Waals surface area contributed by atoms with Crippen LogP contribution in [0.1, 0.15) is 179 Å². The Morgan fingerprint density at radius 3 is 1.73 bits per heavy atom. The molecule has 4 rings (SSSR count). The van der Waals surface area contributed by atoms with Crippen molar-refractivity contribution in [2.24, 2.45) is 28.1 Å². The molecule has 4 atom stereocenters. The fourth-order valence-electron chi connectivity index (χ4n) is 9.58. The third-order valence-electron chi connectivity index (χ3n) is 12.7. The van der Waals surface area contributed by atoms with E-state index in [1.165, 1.54) is 69.8 Å². The third kappa shape index (κ3) is 9.76. The van der Waals surface area contributed by atoms with Gasteiger partial charge in [-0.3, -0.25) is 14.4 Å². The summed E-state index contributed by atoms with van der Waals surface area (Å²) in [5.41, 5.74) is 0.583. The molecule has 0 spiro atoms. The van der Waals surface area contributed by atoms with Gasteiger partial charge in [-0.05, 0) is 131 Å². The van der Waals surface area contributed by atoms with Gasteiger partial charge in [-0.25, -0.2) is 0 Å². The zero-order chi connectivity index (χ0) is 38.9. The lowest BCUT2D eigenvalue weighted by molar-refractivity contribution is -0.180. The normalized spacial score (nSPS) is 28.1. The fraction of sp³-hybridized carbons (Fsp3) is 0.723. The van der Waals surface area contributed by atoms with Crippen molar-refractivity contribution >= 4 is 17.3 Å². The quantitative estimate of drug-likeness (QED) is 0.146. The average Bonchev–Trinajstić information content (AvgIpc) is 3.08. The van der Waals surface area contributed by atoms with Crippen LogP contribution in [-0.2, 0) is 14.4 Å². The van der Waals surface area contributed by atoms with Crippen molar-refractivity contribution in [3.8, 4) is 0 Å². The van der Waals surface area contributed by atoms with Crippen molar-refractivity contribution < 1.29 is 19.5 Å². The van der Waals surface area contributed by atoms with E-state index in [1.54, 1.807) is 13.8 Å². The number of aliphatic hydroxyl groups excluding tert-OH is 1. The number of ketones is 3. The van der Waals surface area contributed by atoms with Crippen LogP contribution in [0.4, 0.5) is 0 Å². The van der Waals surface area contributed by atoms with Gasteiger partial charge in [-0.1, -0.05) is 106 Å². The number of carbonyl (C=O) groups is 3. The minimum absolute atomic E-state index is 0.117. The van der Waals surface area contributed by atoms with Gasteiger partial charge in [0.15, 0.2) is 22.8 Å². The molecule has 0 aromatic carbocycles. The van der Waals surface area contributed by atoms with Crippen LogP contribution >= 0.6 is 0 Å². The molecule has 0 heterocycles. The van der Waals surface area contributed by atoms with Crippen LogP contribution in [0.5, 0.6) is 0 Å². The third-order valence-corrected chi connectivity index (χ3v) is 12.7. The number of rotatable bonds is 13. The van der Waals surface area contributed by atoms with Crippen molar-refractivity contribution in [1.29, 1.82) is 0 Å². The van der Waals surface area contributed by atoms with Gasteiger partial charge in [-0.2, -0.15) is 0 Å². The van der Waals surface area contributed by atoms with E-state index in [0.717, 1.165) is 28.8 Å². The number of fused-ring (bicyclic) bond motifs is 2. The van der Waals surface area contributed by atoms with E-state index < -0.39 is 27.9 Å². The highest BCUT2D eigenvalue weighted by atomic mass is 16.3. The Morgan fingerprint density at radius 2 is 1.27 bits per heavy atom. The van der Waals surface area contributed by atoms with E-state index in [2.05, 4.69) is 17.5 Å². The van der Waals surface area contributed by atoms with Crippen LogP contribution in [-0.4, -0.2) is 34.5 Å². The molecular formula is C47H75NO4. The molecule has 5 nitrogen and oxygen atoms in total. The molecule has 2 N–H and O–H groups in total. The van der Waals surface area contributed by atoms with Crippen LogP contribution in [0.2, 0.25) is 0 Å². The zero-order valence-corrected chi connectivity index (χ0v) is 35.1. The molecule has 0 amide bonds. The standard InChI is InChI=1S/C35H52O4.C12H23N/c1-22(2)13-12-19-33(11)27(16-14-23(3)4)21-34(20-18-25(7)8)30(37)28(17-15-24(5)6)31(38)35(33,32(34)39)29(36)26(9)10;1-3-7-11(8-4-1)13-12-9-5-2-6-10-12/h13-15,18,26-27,37H,12,16-17,19-21H2,1-11H3;11-13H,1-10H2/t27-,33-,34-,35+;/m1./s1. The lowest BCUT2D eigenvalue weighted by Gasteiger charge is -2.61. The monoisotopic (exact) mass is 718 g/mol. The minimum atomic E-state index is -1.83. The average molecular weight is 718 g/mol. The Balaban J connectivity index is 0.000000464. The number of Topliss-reactive ketones (excluding diaryl/α,β-unsaturated/α-hetero) is 3. The highest BCUT2D eigenvalue weighted by molar-refractivity contribution is 6.33. The maximum atomic E-state index is 15.0. The molecular weight excluding hydrogens is 643 g/mol. The van der Waals surface area contributed by atoms with Crippen molar-refractivity contribution in [2.75, 3.05) is 0 Å². The molecule has 0 unspecified atom stereocenters. The van der Waals surface area contributed by atoms with Crippen molar-refractivity contribution in [1.82, 2.24) is 5.32 Å². The summed E-state index contributed by atoms with van der Waals surface area (Å²) >= 11 is 0. The number of nitrogens with one attached hydrogen (secondary N) is 1. The molecule has 0 aromatic rings. The van der Waals surface area contributed by atoms with Crippen LogP contribution in [0.25, 0.3) is 0 Å². The van der Waals surface area contributed by atoms with Crippen LogP contribution in [0.15, 0.2) is 57.9 Å². The summed E-state index contributed by atoms with van der Waals surface area (Å²) in [5.74, 6) is -1.93. The Hall–Kier alpha value is -2.53. The summed E-state index contributed by atoms with van der Waals surface area (Å²) in [7, 11) is 0. The lowest BCUT2D eigenvalue weighted by atomic mass is 9.38. The summed E-state index contributed by atoms with van der Waals surface area (Å²) in [5, 5.41) is 15.7. The number of aliphatic hydroxyl groups is 1. The number of hydrogen-bond acceptors (Lipinski definition) is 5. The fourth-order valence-corrected chi connectivity index (χ4v) is 9.58. The Morgan fingerprint density at radius 1 is 0.769 bits per heavy atom. The predicted molar refractivity (Wildman–Crippen MR) is 218 cm³/mol. The number of allylic oxidation sites excluding steroid dienone is 10. The SMILES string of the molecule is C1CCC(NC2CCCCC2)CC1.CC(C)=CCC[C@]1(C)[C@H](CC=C(C)C)C[C@@]2(CC=C(C)C)C(=O)[C@]1(C(=O)C(C)C)C(=O)C(CC=C(C)C)=C2O. The Bertz CT molecular complexity index is 1400. The number of carbonyl (C=O) groups excluding carboxylic acids is 3. The van der Waals surface area contributed by atoms with E-state index in [9.17, 15) is 19.5 Å². The second-order valence-electron chi connectivity index (χ2n) is 18.3. The van der Waals surface area contributed by atoms with E-state index in [0.29, 0.717) is 25.7 Å². The second-order valence-corrected chi connectivity index (χ2v) is 18.3. The first-order valence-corrected chi connectivity index (χ1v) is 20.8. The van der Waals surface area contributed by atoms with E-state index in [1.807, 2.05) is 74.5 Å².